The Morgan fingerprint density at radius 1 is 0.389 bits per heavy atom. The average Bonchev–Trinajstić information content (AvgIpc) is 3.38. The predicted molar refractivity (Wildman–Crippen MR) is 315 cm³/mol. The lowest BCUT2D eigenvalue weighted by Crippen LogP contribution is -2.45. The van der Waals surface area contributed by atoms with Gasteiger partial charge in [-0.15, -0.1) is 0 Å². The highest BCUT2D eigenvalue weighted by Gasteiger charge is 2.18. The Balaban J connectivity index is 3.49. The van der Waals surface area contributed by atoms with Crippen LogP contribution in [0.3, 0.4) is 0 Å². The van der Waals surface area contributed by atoms with Crippen molar-refractivity contribution < 1.29 is 24.5 Å². The number of carbonyl (C=O) groups excluding carboxylic acids is 2. The van der Waals surface area contributed by atoms with Crippen molar-refractivity contribution in [3.05, 3.63) is 48.6 Å². The fourth-order valence-electron chi connectivity index (χ4n) is 9.66. The van der Waals surface area contributed by atoms with Crippen molar-refractivity contribution >= 4 is 11.9 Å². The number of aliphatic hydroxyl groups excluding tert-OH is 2. The molecule has 0 saturated carbocycles. The van der Waals surface area contributed by atoms with E-state index < -0.39 is 12.1 Å². The zero-order valence-corrected chi connectivity index (χ0v) is 48.2. The number of amides is 1. The summed E-state index contributed by atoms with van der Waals surface area (Å²) in [6, 6.07) is -0.639. The first-order chi connectivity index (χ1) is 35.5. The summed E-state index contributed by atoms with van der Waals surface area (Å²) < 4.78 is 5.48. The SMILES string of the molecule is CCCCC/C=C\C/C=C\CCCCCCCCCC(=O)OCCCCCCCC/C=C\CCCCCCCCCC(=O)NC(CO)C(O)/C=C/CCCCCCCCCCCCCCCCCCCCC. The molecular weight excluding hydrogens is 887 g/mol. The van der Waals surface area contributed by atoms with E-state index in [1.54, 1.807) is 6.08 Å². The van der Waals surface area contributed by atoms with Gasteiger partial charge in [-0.2, -0.15) is 0 Å². The molecule has 2 unspecified atom stereocenters. The second kappa shape index (κ2) is 61.4. The van der Waals surface area contributed by atoms with Crippen LogP contribution in [0.4, 0.5) is 0 Å². The lowest BCUT2D eigenvalue weighted by atomic mass is 10.0. The summed E-state index contributed by atoms with van der Waals surface area (Å²) in [5, 5.41) is 23.2. The monoisotopic (exact) mass is 1010 g/mol. The molecule has 3 N–H and O–H groups in total. The molecule has 0 aliphatic rings. The molecule has 0 fully saturated rings. The van der Waals surface area contributed by atoms with Gasteiger partial charge in [0.25, 0.3) is 0 Å². The number of ether oxygens (including phenoxy) is 1. The van der Waals surface area contributed by atoms with Crippen molar-refractivity contribution in [3.8, 4) is 0 Å². The number of nitrogens with one attached hydrogen (secondary N) is 1. The van der Waals surface area contributed by atoms with E-state index in [0.29, 0.717) is 19.4 Å². The van der Waals surface area contributed by atoms with E-state index in [9.17, 15) is 19.8 Å². The molecule has 0 rings (SSSR count). The van der Waals surface area contributed by atoms with E-state index in [0.717, 1.165) is 64.2 Å². The first-order valence-electron chi connectivity index (χ1n) is 31.9. The lowest BCUT2D eigenvalue weighted by molar-refractivity contribution is -0.143. The van der Waals surface area contributed by atoms with Crippen LogP contribution >= 0.6 is 0 Å². The van der Waals surface area contributed by atoms with Gasteiger partial charge in [-0.1, -0.05) is 281 Å². The van der Waals surface area contributed by atoms with Crippen LogP contribution in [0.25, 0.3) is 0 Å². The molecule has 1 amide bonds. The second-order valence-electron chi connectivity index (χ2n) is 21.7. The van der Waals surface area contributed by atoms with Gasteiger partial charge in [-0.3, -0.25) is 9.59 Å². The highest BCUT2D eigenvalue weighted by molar-refractivity contribution is 5.76. The van der Waals surface area contributed by atoms with Gasteiger partial charge < -0.3 is 20.3 Å². The summed E-state index contributed by atoms with van der Waals surface area (Å²) in [6.45, 7) is 4.87. The zero-order valence-electron chi connectivity index (χ0n) is 48.2. The Kier molecular flexibility index (Phi) is 59.5. The quantitative estimate of drug-likeness (QED) is 0.0320. The van der Waals surface area contributed by atoms with Crippen molar-refractivity contribution in [2.45, 2.75) is 347 Å². The van der Waals surface area contributed by atoms with Crippen molar-refractivity contribution in [1.82, 2.24) is 5.32 Å². The van der Waals surface area contributed by atoms with Crippen LogP contribution in [0.1, 0.15) is 335 Å². The maximum Gasteiger partial charge on any atom is 0.305 e. The van der Waals surface area contributed by atoms with Crippen molar-refractivity contribution in [2.24, 2.45) is 0 Å². The van der Waals surface area contributed by atoms with Gasteiger partial charge in [0.15, 0.2) is 0 Å². The van der Waals surface area contributed by atoms with Gasteiger partial charge in [0, 0.05) is 12.8 Å². The second-order valence-corrected chi connectivity index (χ2v) is 21.7. The Morgan fingerprint density at radius 3 is 1.10 bits per heavy atom. The molecule has 0 heterocycles. The summed E-state index contributed by atoms with van der Waals surface area (Å²) in [5.74, 6) is -0.0887. The smallest absolute Gasteiger partial charge is 0.305 e. The van der Waals surface area contributed by atoms with Gasteiger partial charge >= 0.3 is 5.97 Å². The van der Waals surface area contributed by atoms with E-state index in [2.05, 4.69) is 55.6 Å². The lowest BCUT2D eigenvalue weighted by Gasteiger charge is -2.20. The van der Waals surface area contributed by atoms with Gasteiger partial charge in [-0.25, -0.2) is 0 Å². The zero-order chi connectivity index (χ0) is 52.2. The van der Waals surface area contributed by atoms with Gasteiger partial charge in [0.1, 0.15) is 0 Å². The molecule has 0 saturated heterocycles. The van der Waals surface area contributed by atoms with Crippen molar-refractivity contribution in [2.75, 3.05) is 13.2 Å². The number of hydrogen-bond donors (Lipinski definition) is 3. The first kappa shape index (κ1) is 69.8. The van der Waals surface area contributed by atoms with Crippen molar-refractivity contribution in [3.63, 3.8) is 0 Å². The average molecular weight is 1010 g/mol. The van der Waals surface area contributed by atoms with E-state index >= 15 is 0 Å². The number of esters is 1. The predicted octanol–water partition coefficient (Wildman–Crippen LogP) is 20.1. The minimum absolute atomic E-state index is 0.0104. The Labute approximate surface area is 448 Å². The minimum Gasteiger partial charge on any atom is -0.466 e. The topological polar surface area (TPSA) is 95.9 Å². The first-order valence-corrected chi connectivity index (χ1v) is 31.9. The van der Waals surface area contributed by atoms with Crippen molar-refractivity contribution in [1.29, 1.82) is 0 Å². The Hall–Kier alpha value is -2.18. The third-order valence-corrected chi connectivity index (χ3v) is 14.6. The molecule has 72 heavy (non-hydrogen) atoms. The Bertz CT molecular complexity index is 1210. The van der Waals surface area contributed by atoms with E-state index in [1.165, 1.54) is 244 Å². The van der Waals surface area contributed by atoms with Crippen LogP contribution in [-0.4, -0.2) is 47.4 Å². The van der Waals surface area contributed by atoms with Gasteiger partial charge in [0.2, 0.25) is 5.91 Å². The molecule has 0 aromatic rings. The molecule has 422 valence electrons. The van der Waals surface area contributed by atoms with Crippen LogP contribution in [0.15, 0.2) is 48.6 Å². The summed E-state index contributed by atoms with van der Waals surface area (Å²) >= 11 is 0. The maximum atomic E-state index is 12.5. The molecule has 6 heteroatoms. The molecule has 0 aliphatic heterocycles. The maximum absolute atomic E-state index is 12.5. The van der Waals surface area contributed by atoms with Crippen LogP contribution in [0.2, 0.25) is 0 Å². The molecule has 0 aromatic heterocycles. The van der Waals surface area contributed by atoms with Gasteiger partial charge in [-0.05, 0) is 89.9 Å². The molecule has 0 bridgehead atoms. The summed E-state index contributed by atoms with van der Waals surface area (Å²) in [4.78, 5) is 24.6. The normalized spacial score (nSPS) is 12.9. The summed E-state index contributed by atoms with van der Waals surface area (Å²) in [5.41, 5.74) is 0. The minimum atomic E-state index is -0.855. The molecule has 0 aliphatic carbocycles. The van der Waals surface area contributed by atoms with E-state index in [1.807, 2.05) is 6.08 Å². The fourth-order valence-corrected chi connectivity index (χ4v) is 9.66. The fraction of sp³-hybridized carbons (Fsp3) is 0.848. The number of hydrogen-bond acceptors (Lipinski definition) is 5. The number of unbranched alkanes of at least 4 members (excludes halogenated alkanes) is 42. The summed E-state index contributed by atoms with van der Waals surface area (Å²) in [6.07, 6.45) is 78.6. The standard InChI is InChI=1S/C66H123NO5/c1-3-5-7-9-11-13-15-17-19-21-22-23-24-27-30-34-38-42-46-50-54-58-64(69)63(62-68)67-65(70)59-55-51-47-43-39-35-31-28-25-29-33-37-41-45-49-53-57-61-72-66(71)60-56-52-48-44-40-36-32-26-20-18-16-14-12-10-8-6-4-2/h12,14,18,20,25,29,54,58,63-64,68-69H,3-11,13,15-17,19,21-24,26-28,30-53,55-57,59-62H2,1-2H3,(H,67,70)/b14-12-,20-18-,29-25-,58-54+. The van der Waals surface area contributed by atoms with Crippen LogP contribution in [0, 0.1) is 0 Å². The Morgan fingerprint density at radius 2 is 0.694 bits per heavy atom. The third-order valence-electron chi connectivity index (χ3n) is 14.6. The summed E-state index contributed by atoms with van der Waals surface area (Å²) in [7, 11) is 0. The molecule has 0 spiro atoms. The number of allylic oxidation sites excluding steroid dienone is 7. The van der Waals surface area contributed by atoms with Crippen LogP contribution in [-0.2, 0) is 14.3 Å². The van der Waals surface area contributed by atoms with Crippen LogP contribution in [0.5, 0.6) is 0 Å². The molecule has 0 radical (unpaired) electrons. The van der Waals surface area contributed by atoms with Crippen LogP contribution < -0.4 is 5.32 Å². The largest absolute Gasteiger partial charge is 0.466 e. The highest BCUT2D eigenvalue weighted by Crippen LogP contribution is 2.17. The molecule has 0 aromatic carbocycles. The highest BCUT2D eigenvalue weighted by atomic mass is 16.5. The van der Waals surface area contributed by atoms with Gasteiger partial charge in [0.05, 0.1) is 25.4 Å². The molecular formula is C66H123NO5. The third kappa shape index (κ3) is 57.1. The molecule has 6 nitrogen and oxygen atoms in total. The number of rotatable bonds is 59. The molecule has 2 atom stereocenters. The number of aliphatic hydroxyl groups is 2. The van der Waals surface area contributed by atoms with E-state index in [4.69, 9.17) is 4.74 Å². The number of carbonyl (C=O) groups is 2. The van der Waals surface area contributed by atoms with E-state index in [-0.39, 0.29) is 18.5 Å².